The summed E-state index contributed by atoms with van der Waals surface area (Å²) in [5, 5.41) is 0. The topological polar surface area (TPSA) is 43.9 Å². The summed E-state index contributed by atoms with van der Waals surface area (Å²) in [6.07, 6.45) is 2.60. The van der Waals surface area contributed by atoms with Gasteiger partial charge in [0, 0.05) is 38.8 Å². The Morgan fingerprint density at radius 2 is 1.74 bits per heavy atom. The summed E-state index contributed by atoms with van der Waals surface area (Å²) in [4.78, 5) is 4.98. The lowest BCUT2D eigenvalue weighted by Crippen LogP contribution is -2.52. The Labute approximate surface area is 117 Å². The maximum Gasteiger partial charge on any atom is 0.213 e. The van der Waals surface area contributed by atoms with Crippen LogP contribution in [0.1, 0.15) is 26.7 Å². The highest BCUT2D eigenvalue weighted by Crippen LogP contribution is 2.18. The third-order valence-corrected chi connectivity index (χ3v) is 6.35. The van der Waals surface area contributed by atoms with E-state index in [4.69, 9.17) is 0 Å². The van der Waals surface area contributed by atoms with E-state index >= 15 is 0 Å². The van der Waals surface area contributed by atoms with E-state index in [1.807, 2.05) is 0 Å². The van der Waals surface area contributed by atoms with Gasteiger partial charge in [0.2, 0.25) is 10.0 Å². The first-order chi connectivity index (χ1) is 9.06. The van der Waals surface area contributed by atoms with E-state index in [-0.39, 0.29) is 5.75 Å². The fraction of sp³-hybridized carbons (Fsp3) is 1.00. The standard InChI is InChI=1S/C13H27N3O2S/c1-3-15-7-5-6-13(15)12-14-8-10-16(11-9-14)19(17,18)4-2/h13H,3-12H2,1-2H3. The Balaban J connectivity index is 1.80. The van der Waals surface area contributed by atoms with E-state index in [1.54, 1.807) is 11.2 Å². The minimum Gasteiger partial charge on any atom is -0.299 e. The molecule has 112 valence electrons. The molecule has 0 radical (unpaired) electrons. The Bertz CT molecular complexity index is 377. The largest absolute Gasteiger partial charge is 0.299 e. The molecule has 0 spiro atoms. The van der Waals surface area contributed by atoms with Crippen LogP contribution < -0.4 is 0 Å². The molecular formula is C13H27N3O2S. The van der Waals surface area contributed by atoms with Crippen molar-refractivity contribution in [2.24, 2.45) is 0 Å². The van der Waals surface area contributed by atoms with Crippen LogP contribution in [0.3, 0.4) is 0 Å². The van der Waals surface area contributed by atoms with Crippen LogP contribution >= 0.6 is 0 Å². The van der Waals surface area contributed by atoms with Crippen LogP contribution in [0.15, 0.2) is 0 Å². The molecule has 0 aromatic heterocycles. The summed E-state index contributed by atoms with van der Waals surface area (Å²) >= 11 is 0. The lowest BCUT2D eigenvalue weighted by Gasteiger charge is -2.36. The minimum absolute atomic E-state index is 0.221. The lowest BCUT2D eigenvalue weighted by atomic mass is 10.2. The summed E-state index contributed by atoms with van der Waals surface area (Å²) in [6, 6.07) is 0.680. The van der Waals surface area contributed by atoms with E-state index in [2.05, 4.69) is 16.7 Å². The van der Waals surface area contributed by atoms with Crippen molar-refractivity contribution in [3.63, 3.8) is 0 Å². The van der Waals surface area contributed by atoms with Gasteiger partial charge in [-0.2, -0.15) is 4.31 Å². The third-order valence-electron chi connectivity index (χ3n) is 4.46. The molecule has 1 unspecified atom stereocenters. The predicted molar refractivity (Wildman–Crippen MR) is 77.7 cm³/mol. The average Bonchev–Trinajstić information content (AvgIpc) is 2.86. The van der Waals surface area contributed by atoms with Gasteiger partial charge in [-0.25, -0.2) is 8.42 Å². The molecule has 6 heteroatoms. The number of hydrogen-bond donors (Lipinski definition) is 0. The van der Waals surface area contributed by atoms with E-state index in [1.165, 1.54) is 19.4 Å². The highest BCUT2D eigenvalue weighted by molar-refractivity contribution is 7.89. The Morgan fingerprint density at radius 1 is 1.05 bits per heavy atom. The van der Waals surface area contributed by atoms with Gasteiger partial charge >= 0.3 is 0 Å². The van der Waals surface area contributed by atoms with Crippen LogP contribution in [-0.2, 0) is 10.0 Å². The fourth-order valence-corrected chi connectivity index (χ4v) is 4.27. The van der Waals surface area contributed by atoms with Crippen molar-refractivity contribution in [2.45, 2.75) is 32.7 Å². The van der Waals surface area contributed by atoms with E-state index < -0.39 is 10.0 Å². The van der Waals surface area contributed by atoms with Gasteiger partial charge in [-0.3, -0.25) is 9.80 Å². The maximum absolute atomic E-state index is 11.8. The van der Waals surface area contributed by atoms with Crippen molar-refractivity contribution in [1.29, 1.82) is 0 Å². The smallest absolute Gasteiger partial charge is 0.213 e. The molecule has 2 aliphatic heterocycles. The van der Waals surface area contributed by atoms with Gasteiger partial charge in [-0.1, -0.05) is 6.92 Å². The quantitative estimate of drug-likeness (QED) is 0.736. The number of rotatable bonds is 5. The highest BCUT2D eigenvalue weighted by Gasteiger charge is 2.29. The van der Waals surface area contributed by atoms with Crippen LogP contribution in [0.4, 0.5) is 0 Å². The molecular weight excluding hydrogens is 262 g/mol. The molecule has 1 atom stereocenters. The van der Waals surface area contributed by atoms with Gasteiger partial charge in [0.15, 0.2) is 0 Å². The summed E-state index contributed by atoms with van der Waals surface area (Å²) < 4.78 is 25.3. The number of sulfonamides is 1. The van der Waals surface area contributed by atoms with Gasteiger partial charge < -0.3 is 0 Å². The zero-order valence-corrected chi connectivity index (χ0v) is 13.0. The number of likely N-dealkylation sites (N-methyl/N-ethyl adjacent to an activating group) is 1. The Kier molecular flexibility index (Phi) is 5.22. The molecule has 19 heavy (non-hydrogen) atoms. The van der Waals surface area contributed by atoms with E-state index in [0.29, 0.717) is 19.1 Å². The number of nitrogens with zero attached hydrogens (tertiary/aromatic N) is 3. The first-order valence-electron chi connectivity index (χ1n) is 7.51. The normalized spacial score (nSPS) is 28.0. The van der Waals surface area contributed by atoms with E-state index in [9.17, 15) is 8.42 Å². The van der Waals surface area contributed by atoms with Gasteiger partial charge in [0.25, 0.3) is 0 Å². The molecule has 0 N–H and O–H groups in total. The molecule has 2 fully saturated rings. The summed E-state index contributed by atoms with van der Waals surface area (Å²) in [7, 11) is -2.99. The van der Waals surface area contributed by atoms with Crippen LogP contribution in [0, 0.1) is 0 Å². The van der Waals surface area contributed by atoms with Crippen molar-refractivity contribution in [3.8, 4) is 0 Å². The zero-order valence-electron chi connectivity index (χ0n) is 12.2. The zero-order chi connectivity index (χ0) is 13.9. The second-order valence-corrected chi connectivity index (χ2v) is 7.78. The summed E-state index contributed by atoms with van der Waals surface area (Å²) in [5.74, 6) is 0.221. The molecule has 2 saturated heterocycles. The number of hydrogen-bond acceptors (Lipinski definition) is 4. The average molecular weight is 289 g/mol. The summed E-state index contributed by atoms with van der Waals surface area (Å²) in [5.41, 5.74) is 0. The molecule has 0 amide bonds. The van der Waals surface area contributed by atoms with Crippen LogP contribution in [-0.4, -0.2) is 80.1 Å². The Hall–Kier alpha value is -0.170. The Morgan fingerprint density at radius 3 is 2.32 bits per heavy atom. The monoisotopic (exact) mass is 289 g/mol. The molecule has 0 saturated carbocycles. The molecule has 2 aliphatic rings. The molecule has 0 aromatic carbocycles. The second-order valence-electron chi connectivity index (χ2n) is 5.52. The maximum atomic E-state index is 11.8. The molecule has 0 aromatic rings. The summed E-state index contributed by atoms with van der Waals surface area (Å²) in [6.45, 7) is 10.5. The van der Waals surface area contributed by atoms with Crippen molar-refractivity contribution < 1.29 is 8.42 Å². The molecule has 0 aliphatic carbocycles. The van der Waals surface area contributed by atoms with Gasteiger partial charge in [-0.15, -0.1) is 0 Å². The first kappa shape index (κ1) is 15.2. The van der Waals surface area contributed by atoms with Crippen molar-refractivity contribution >= 4 is 10.0 Å². The number of likely N-dealkylation sites (tertiary alicyclic amines) is 1. The van der Waals surface area contributed by atoms with Crippen LogP contribution in [0.2, 0.25) is 0 Å². The van der Waals surface area contributed by atoms with Gasteiger partial charge in [0.05, 0.1) is 5.75 Å². The van der Waals surface area contributed by atoms with Gasteiger partial charge in [0.1, 0.15) is 0 Å². The minimum atomic E-state index is -2.99. The van der Waals surface area contributed by atoms with Crippen molar-refractivity contribution in [3.05, 3.63) is 0 Å². The SMILES string of the molecule is CCN1CCCC1CN1CCN(S(=O)(=O)CC)CC1. The van der Waals surface area contributed by atoms with Crippen molar-refractivity contribution in [2.75, 3.05) is 51.6 Å². The van der Waals surface area contributed by atoms with E-state index in [0.717, 1.165) is 26.2 Å². The second kappa shape index (κ2) is 6.52. The fourth-order valence-electron chi connectivity index (χ4n) is 3.19. The highest BCUT2D eigenvalue weighted by atomic mass is 32.2. The third kappa shape index (κ3) is 3.68. The van der Waals surface area contributed by atoms with Crippen LogP contribution in [0.25, 0.3) is 0 Å². The molecule has 2 heterocycles. The van der Waals surface area contributed by atoms with Gasteiger partial charge in [-0.05, 0) is 32.9 Å². The predicted octanol–water partition coefficient (Wildman–Crippen LogP) is 0.438. The molecule has 0 bridgehead atoms. The van der Waals surface area contributed by atoms with Crippen LogP contribution in [0.5, 0.6) is 0 Å². The van der Waals surface area contributed by atoms with Crippen molar-refractivity contribution in [1.82, 2.24) is 14.1 Å². The molecule has 5 nitrogen and oxygen atoms in total. The first-order valence-corrected chi connectivity index (χ1v) is 9.12. The molecule has 2 rings (SSSR count). The number of piperazine rings is 1. The lowest BCUT2D eigenvalue weighted by molar-refractivity contribution is 0.139.